The molecule has 2 aliphatic rings. The molecule has 2 fully saturated rings. The van der Waals surface area contributed by atoms with E-state index in [-0.39, 0.29) is 0 Å². The first kappa shape index (κ1) is 18.0. The first-order valence-electron chi connectivity index (χ1n) is 10.6. The number of nitrogens with one attached hydrogen (secondary N) is 2. The molecule has 7 nitrogen and oxygen atoms in total. The molecule has 28 heavy (non-hydrogen) atoms. The van der Waals surface area contributed by atoms with E-state index in [1.807, 2.05) is 24.9 Å². The summed E-state index contributed by atoms with van der Waals surface area (Å²) in [6, 6.07) is 3.26. The number of pyridine rings is 1. The van der Waals surface area contributed by atoms with Gasteiger partial charge in [-0.05, 0) is 44.8 Å². The average Bonchev–Trinajstić information content (AvgIpc) is 3.24. The lowest BCUT2D eigenvalue weighted by molar-refractivity contribution is 0.185. The van der Waals surface area contributed by atoms with E-state index >= 15 is 0 Å². The van der Waals surface area contributed by atoms with E-state index in [0.717, 1.165) is 68.5 Å². The molecule has 2 N–H and O–H groups in total. The Hall–Kier alpha value is -2.09. The normalized spacial score (nSPS) is 20.3. The van der Waals surface area contributed by atoms with Gasteiger partial charge in [0.15, 0.2) is 5.65 Å². The molecule has 0 radical (unpaired) electrons. The second kappa shape index (κ2) is 8.11. The molecule has 0 atom stereocenters. The summed E-state index contributed by atoms with van der Waals surface area (Å²) in [4.78, 5) is 15.9. The van der Waals surface area contributed by atoms with Crippen LogP contribution in [0.15, 0.2) is 31.0 Å². The molecule has 2 saturated heterocycles. The van der Waals surface area contributed by atoms with Crippen LogP contribution in [0.1, 0.15) is 31.7 Å². The zero-order valence-corrected chi connectivity index (χ0v) is 16.3. The number of fused-ring (bicyclic) bond motifs is 3. The summed E-state index contributed by atoms with van der Waals surface area (Å²) in [5.41, 5.74) is 2.05. The molecule has 0 spiro atoms. The highest BCUT2D eigenvalue weighted by Gasteiger charge is 2.22. The van der Waals surface area contributed by atoms with Crippen molar-refractivity contribution in [2.45, 2.75) is 37.8 Å². The first-order valence-corrected chi connectivity index (χ1v) is 10.6. The van der Waals surface area contributed by atoms with E-state index < -0.39 is 0 Å². The number of aromatic nitrogens is 4. The summed E-state index contributed by atoms with van der Waals surface area (Å²) in [6.07, 6.45) is 12.5. The molecule has 3 aromatic heterocycles. The minimum absolute atomic E-state index is 0.491. The summed E-state index contributed by atoms with van der Waals surface area (Å²) in [7, 11) is 0. The molecule has 5 heterocycles. The molecule has 0 amide bonds. The molecule has 2 aliphatic heterocycles. The lowest BCUT2D eigenvalue weighted by atomic mass is 10.0. The monoisotopic (exact) mass is 379 g/mol. The highest BCUT2D eigenvalue weighted by molar-refractivity contribution is 6.01. The van der Waals surface area contributed by atoms with E-state index in [4.69, 9.17) is 0 Å². The maximum absolute atomic E-state index is 4.47. The van der Waals surface area contributed by atoms with Crippen molar-refractivity contribution in [1.82, 2.24) is 35.1 Å². The fourth-order valence-electron chi connectivity index (χ4n) is 4.74. The summed E-state index contributed by atoms with van der Waals surface area (Å²) in [6.45, 7) is 6.85. The van der Waals surface area contributed by atoms with Crippen LogP contribution in [-0.2, 0) is 0 Å². The van der Waals surface area contributed by atoms with Gasteiger partial charge in [0.05, 0.1) is 11.8 Å². The average molecular weight is 380 g/mol. The highest BCUT2D eigenvalue weighted by atomic mass is 15.2. The summed E-state index contributed by atoms with van der Waals surface area (Å²) >= 11 is 0. The molecule has 0 unspecified atom stereocenters. The highest BCUT2D eigenvalue weighted by Crippen LogP contribution is 2.29. The Bertz CT molecular complexity index is 923. The van der Waals surface area contributed by atoms with Crippen molar-refractivity contribution in [3.8, 4) is 0 Å². The third kappa shape index (κ3) is 3.62. The molecule has 5 rings (SSSR count). The van der Waals surface area contributed by atoms with Crippen LogP contribution in [0, 0.1) is 0 Å². The zero-order valence-electron chi connectivity index (χ0n) is 16.3. The van der Waals surface area contributed by atoms with Crippen LogP contribution >= 0.6 is 0 Å². The Kier molecular flexibility index (Phi) is 5.20. The van der Waals surface area contributed by atoms with Crippen LogP contribution in [-0.4, -0.2) is 69.7 Å². The Labute approximate surface area is 165 Å². The first-order chi connectivity index (χ1) is 13.9. The Morgan fingerprint density at radius 2 is 1.93 bits per heavy atom. The lowest BCUT2D eigenvalue weighted by Crippen LogP contribution is -2.44. The van der Waals surface area contributed by atoms with Crippen molar-refractivity contribution in [2.24, 2.45) is 0 Å². The number of hydrogen-bond acceptors (Lipinski definition) is 6. The van der Waals surface area contributed by atoms with Crippen molar-refractivity contribution in [3.63, 3.8) is 0 Å². The SMILES string of the molecule is c1cc2c(n1)ncc1cncn(C3CCN(CCNC4CCNCC4)CC3)c12. The van der Waals surface area contributed by atoms with Crippen molar-refractivity contribution in [3.05, 3.63) is 31.0 Å². The van der Waals surface area contributed by atoms with Crippen molar-refractivity contribution in [1.29, 1.82) is 0 Å². The third-order valence-electron chi connectivity index (χ3n) is 6.35. The molecule has 148 valence electrons. The number of likely N-dealkylation sites (tertiary alicyclic amines) is 1. The van der Waals surface area contributed by atoms with Gasteiger partial charge in [0, 0.05) is 67.6 Å². The van der Waals surface area contributed by atoms with Gasteiger partial charge < -0.3 is 20.1 Å². The minimum Gasteiger partial charge on any atom is -0.328 e. The molecule has 0 aliphatic carbocycles. The summed E-state index contributed by atoms with van der Waals surface area (Å²) in [5, 5.41) is 9.40. The van der Waals surface area contributed by atoms with E-state index in [1.165, 1.54) is 18.4 Å². The Balaban J connectivity index is 1.23. The van der Waals surface area contributed by atoms with E-state index in [0.29, 0.717) is 12.1 Å². The van der Waals surface area contributed by atoms with Crippen molar-refractivity contribution in [2.75, 3.05) is 39.3 Å². The molecular weight excluding hydrogens is 350 g/mol. The van der Waals surface area contributed by atoms with Gasteiger partial charge in [-0.1, -0.05) is 0 Å². The largest absolute Gasteiger partial charge is 0.328 e. The van der Waals surface area contributed by atoms with Gasteiger partial charge in [-0.15, -0.1) is 0 Å². The summed E-state index contributed by atoms with van der Waals surface area (Å²) in [5.74, 6) is 0. The predicted octanol–water partition coefficient (Wildman–Crippen LogP) is 1.96. The number of nitrogens with zero attached hydrogens (tertiary/aromatic N) is 5. The molecule has 3 aromatic rings. The number of rotatable bonds is 5. The smallest absolute Gasteiger partial charge is 0.161 e. The zero-order chi connectivity index (χ0) is 18.8. The Morgan fingerprint density at radius 3 is 2.79 bits per heavy atom. The topological polar surface area (TPSA) is 70.9 Å². The number of hydrogen-bond donors (Lipinski definition) is 2. The van der Waals surface area contributed by atoms with Gasteiger partial charge in [0.25, 0.3) is 0 Å². The lowest BCUT2D eigenvalue weighted by Gasteiger charge is -2.34. The van der Waals surface area contributed by atoms with Gasteiger partial charge in [0.1, 0.15) is 0 Å². The maximum atomic E-state index is 4.47. The van der Waals surface area contributed by atoms with Crippen molar-refractivity contribution >= 4 is 21.9 Å². The van der Waals surface area contributed by atoms with E-state index in [2.05, 4.69) is 41.1 Å². The molecule has 0 bridgehead atoms. The number of piperidine rings is 2. The molecule has 0 aromatic carbocycles. The quantitative estimate of drug-likeness (QED) is 0.706. The fourth-order valence-corrected chi connectivity index (χ4v) is 4.74. The van der Waals surface area contributed by atoms with Gasteiger partial charge in [0.2, 0.25) is 0 Å². The van der Waals surface area contributed by atoms with Crippen LogP contribution in [0.3, 0.4) is 0 Å². The minimum atomic E-state index is 0.491. The second-order valence-corrected chi connectivity index (χ2v) is 8.10. The van der Waals surface area contributed by atoms with E-state index in [1.54, 1.807) is 0 Å². The van der Waals surface area contributed by atoms with Crippen LogP contribution in [0.25, 0.3) is 21.9 Å². The van der Waals surface area contributed by atoms with E-state index in [9.17, 15) is 0 Å². The van der Waals surface area contributed by atoms with Gasteiger partial charge in [-0.25, -0.2) is 15.0 Å². The van der Waals surface area contributed by atoms with Gasteiger partial charge in [-0.3, -0.25) is 0 Å². The van der Waals surface area contributed by atoms with Crippen LogP contribution in [0.4, 0.5) is 0 Å². The predicted molar refractivity (Wildman–Crippen MR) is 111 cm³/mol. The van der Waals surface area contributed by atoms with Gasteiger partial charge >= 0.3 is 0 Å². The van der Waals surface area contributed by atoms with Crippen LogP contribution < -0.4 is 10.6 Å². The second-order valence-electron chi connectivity index (χ2n) is 8.10. The molecule has 7 heteroatoms. The maximum Gasteiger partial charge on any atom is 0.161 e. The standard InChI is InChI=1S/C21H29N7/c1-6-22-7-2-17(1)24-9-12-27-10-4-18(5-11-27)28-15-23-13-16-14-26-21-19(20(16)28)3-8-25-21/h3,8,13-15,17-18,22,24H,1-2,4-7,9-12H2. The third-order valence-corrected chi connectivity index (χ3v) is 6.35. The molecule has 0 saturated carbocycles. The van der Waals surface area contributed by atoms with Crippen LogP contribution in [0.5, 0.6) is 0 Å². The van der Waals surface area contributed by atoms with Gasteiger partial charge in [-0.2, -0.15) is 0 Å². The molecular formula is C21H29N7. The fraction of sp³-hybridized carbons (Fsp3) is 0.571. The van der Waals surface area contributed by atoms with Crippen LogP contribution in [0.2, 0.25) is 0 Å². The van der Waals surface area contributed by atoms with Crippen molar-refractivity contribution < 1.29 is 0 Å². The Morgan fingerprint density at radius 1 is 1.07 bits per heavy atom. The summed E-state index contributed by atoms with van der Waals surface area (Å²) < 4.78 is 2.37.